The van der Waals surface area contributed by atoms with Gasteiger partial charge in [0.05, 0.1) is 18.3 Å². The topological polar surface area (TPSA) is 78.9 Å². The first-order chi connectivity index (χ1) is 11.4. The van der Waals surface area contributed by atoms with Crippen LogP contribution in [-0.4, -0.2) is 52.6 Å². The van der Waals surface area contributed by atoms with Crippen molar-refractivity contribution in [3.05, 3.63) is 29.6 Å². The van der Waals surface area contributed by atoms with E-state index in [1.54, 1.807) is 12.1 Å². The van der Waals surface area contributed by atoms with Crippen LogP contribution in [0.1, 0.15) is 24.3 Å². The first kappa shape index (κ1) is 17.2. The minimum absolute atomic E-state index is 0.0790. The van der Waals surface area contributed by atoms with Crippen LogP contribution >= 0.6 is 15.9 Å². The SMILES string of the molecule is CO[C@@H]1C[C@H](C(=O)Nc2cc(C3CC3Br)ccc2F)N(C(=O)O)C1. The molecule has 8 heteroatoms. The highest BCUT2D eigenvalue weighted by atomic mass is 79.9. The summed E-state index contributed by atoms with van der Waals surface area (Å²) in [5, 5.41) is 11.8. The number of anilines is 1. The smallest absolute Gasteiger partial charge is 0.408 e. The van der Waals surface area contributed by atoms with Gasteiger partial charge in [-0.05, 0) is 30.0 Å². The van der Waals surface area contributed by atoms with E-state index in [0.717, 1.165) is 16.9 Å². The molecule has 2 amide bonds. The van der Waals surface area contributed by atoms with Crippen LogP contribution in [0.3, 0.4) is 0 Å². The van der Waals surface area contributed by atoms with Gasteiger partial charge in [0.2, 0.25) is 5.91 Å². The molecule has 24 heavy (non-hydrogen) atoms. The molecule has 1 aliphatic heterocycles. The van der Waals surface area contributed by atoms with Gasteiger partial charge in [0.1, 0.15) is 11.9 Å². The number of hydrogen-bond donors (Lipinski definition) is 2. The molecule has 2 unspecified atom stereocenters. The van der Waals surface area contributed by atoms with Gasteiger partial charge in [0, 0.05) is 18.4 Å². The number of benzene rings is 1. The third kappa shape index (κ3) is 3.39. The van der Waals surface area contributed by atoms with Crippen LogP contribution < -0.4 is 5.32 Å². The van der Waals surface area contributed by atoms with E-state index in [0.29, 0.717) is 10.7 Å². The lowest BCUT2D eigenvalue weighted by Crippen LogP contribution is -2.42. The number of likely N-dealkylation sites (tertiary alicyclic amines) is 1. The molecule has 130 valence electrons. The zero-order valence-corrected chi connectivity index (χ0v) is 14.6. The predicted molar refractivity (Wildman–Crippen MR) is 89.0 cm³/mol. The molecule has 6 nitrogen and oxygen atoms in total. The number of amides is 2. The van der Waals surface area contributed by atoms with E-state index in [1.807, 2.05) is 0 Å². The molecule has 2 N–H and O–H groups in total. The second kappa shape index (κ2) is 6.68. The van der Waals surface area contributed by atoms with Crippen LogP contribution in [0.2, 0.25) is 0 Å². The summed E-state index contributed by atoms with van der Waals surface area (Å²) >= 11 is 3.50. The van der Waals surface area contributed by atoms with E-state index in [9.17, 15) is 19.1 Å². The number of alkyl halides is 1. The number of carbonyl (C=O) groups is 2. The second-order valence-corrected chi connectivity index (χ2v) is 7.31. The Morgan fingerprint density at radius 2 is 2.12 bits per heavy atom. The third-order valence-corrected chi connectivity index (χ3v) is 5.55. The number of carboxylic acid groups (broad SMARTS) is 1. The number of halogens is 2. The number of ether oxygens (including phenoxy) is 1. The van der Waals surface area contributed by atoms with Crippen LogP contribution in [0.4, 0.5) is 14.9 Å². The molecule has 2 aliphatic rings. The van der Waals surface area contributed by atoms with Crippen molar-refractivity contribution < 1.29 is 23.8 Å². The van der Waals surface area contributed by atoms with E-state index in [4.69, 9.17) is 4.74 Å². The minimum Gasteiger partial charge on any atom is -0.465 e. The van der Waals surface area contributed by atoms with Crippen molar-refractivity contribution in [3.63, 3.8) is 0 Å². The number of nitrogens with one attached hydrogen (secondary N) is 1. The average molecular weight is 401 g/mol. The summed E-state index contributed by atoms with van der Waals surface area (Å²) < 4.78 is 19.2. The van der Waals surface area contributed by atoms with E-state index < -0.39 is 23.9 Å². The number of carbonyl (C=O) groups excluding carboxylic acids is 1. The Labute approximate surface area is 147 Å². The normalized spacial score (nSPS) is 28.7. The molecule has 2 fully saturated rings. The number of hydrogen-bond acceptors (Lipinski definition) is 3. The van der Waals surface area contributed by atoms with Crippen molar-refractivity contribution in [1.29, 1.82) is 0 Å². The summed E-state index contributed by atoms with van der Waals surface area (Å²) in [5.74, 6) is -0.762. The summed E-state index contributed by atoms with van der Waals surface area (Å²) in [4.78, 5) is 25.2. The molecule has 0 bridgehead atoms. The van der Waals surface area contributed by atoms with E-state index >= 15 is 0 Å². The minimum atomic E-state index is -1.19. The Bertz CT molecular complexity index is 671. The van der Waals surface area contributed by atoms with Gasteiger partial charge in [0.15, 0.2) is 0 Å². The highest BCUT2D eigenvalue weighted by Gasteiger charge is 2.40. The molecule has 1 aromatic carbocycles. The fourth-order valence-corrected chi connectivity index (χ4v) is 3.73. The van der Waals surface area contributed by atoms with Crippen molar-refractivity contribution in [1.82, 2.24) is 4.90 Å². The Balaban J connectivity index is 1.75. The molecule has 0 radical (unpaired) electrons. The van der Waals surface area contributed by atoms with Crippen LogP contribution in [0.25, 0.3) is 0 Å². The van der Waals surface area contributed by atoms with E-state index in [2.05, 4.69) is 21.2 Å². The molecular weight excluding hydrogens is 383 g/mol. The molecule has 1 aromatic rings. The van der Waals surface area contributed by atoms with Gasteiger partial charge in [-0.25, -0.2) is 9.18 Å². The van der Waals surface area contributed by atoms with Crippen molar-refractivity contribution in [2.75, 3.05) is 19.0 Å². The summed E-state index contributed by atoms with van der Waals surface area (Å²) in [7, 11) is 1.47. The number of methoxy groups -OCH3 is 1. The zero-order chi connectivity index (χ0) is 17.4. The van der Waals surface area contributed by atoms with Gasteiger partial charge >= 0.3 is 6.09 Å². The predicted octanol–water partition coefficient (Wildman–Crippen LogP) is 2.78. The van der Waals surface area contributed by atoms with E-state index in [-0.39, 0.29) is 24.8 Å². The van der Waals surface area contributed by atoms with Crippen LogP contribution in [0.5, 0.6) is 0 Å². The molecule has 1 saturated carbocycles. The lowest BCUT2D eigenvalue weighted by molar-refractivity contribution is -0.120. The maximum Gasteiger partial charge on any atom is 0.408 e. The van der Waals surface area contributed by atoms with Crippen molar-refractivity contribution in [3.8, 4) is 0 Å². The zero-order valence-electron chi connectivity index (χ0n) is 13.0. The Morgan fingerprint density at radius 3 is 2.71 bits per heavy atom. The summed E-state index contributed by atoms with van der Waals surface area (Å²) in [6.45, 7) is 0.125. The van der Waals surface area contributed by atoms with Crippen LogP contribution in [0, 0.1) is 5.82 Å². The van der Waals surface area contributed by atoms with Crippen molar-refractivity contribution in [2.45, 2.75) is 35.7 Å². The van der Waals surface area contributed by atoms with Gasteiger partial charge in [0.25, 0.3) is 0 Å². The fourth-order valence-electron chi connectivity index (χ4n) is 3.02. The third-order valence-electron chi connectivity index (χ3n) is 4.53. The second-order valence-electron chi connectivity index (χ2n) is 6.13. The van der Waals surface area contributed by atoms with Gasteiger partial charge < -0.3 is 15.2 Å². The molecule has 0 spiro atoms. The number of nitrogens with zero attached hydrogens (tertiary/aromatic N) is 1. The monoisotopic (exact) mass is 400 g/mol. The average Bonchev–Trinajstić information content (AvgIpc) is 3.11. The largest absolute Gasteiger partial charge is 0.465 e. The molecule has 1 aliphatic carbocycles. The molecule has 3 rings (SSSR count). The molecule has 1 saturated heterocycles. The lowest BCUT2D eigenvalue weighted by atomic mass is 10.1. The Kier molecular flexibility index (Phi) is 4.78. The van der Waals surface area contributed by atoms with Gasteiger partial charge in [-0.3, -0.25) is 9.69 Å². The summed E-state index contributed by atoms with van der Waals surface area (Å²) in [6, 6.07) is 3.76. The molecule has 1 heterocycles. The first-order valence-electron chi connectivity index (χ1n) is 7.67. The lowest BCUT2D eigenvalue weighted by Gasteiger charge is -2.20. The standard InChI is InChI=1S/C16H18BrFN2O4/c1-24-9-5-14(20(7-9)16(22)23)15(21)19-13-4-8(2-3-12(13)18)10-6-11(10)17/h2-4,9-11,14H,5-7H2,1H3,(H,19,21)(H,22,23)/t9-,10?,11?,14-/m1/s1. The first-order valence-corrected chi connectivity index (χ1v) is 8.59. The quantitative estimate of drug-likeness (QED) is 0.761. The summed E-state index contributed by atoms with van der Waals surface area (Å²) in [6.07, 6.45) is -0.302. The van der Waals surface area contributed by atoms with Gasteiger partial charge in [-0.15, -0.1) is 0 Å². The van der Waals surface area contributed by atoms with Gasteiger partial charge in [-0.2, -0.15) is 0 Å². The molecule has 0 aromatic heterocycles. The van der Waals surface area contributed by atoms with E-state index in [1.165, 1.54) is 13.2 Å². The van der Waals surface area contributed by atoms with Crippen molar-refractivity contribution >= 4 is 33.6 Å². The molecular formula is C16H18BrFN2O4. The molecule has 4 atom stereocenters. The van der Waals surface area contributed by atoms with Gasteiger partial charge in [-0.1, -0.05) is 22.0 Å². The number of rotatable bonds is 4. The Morgan fingerprint density at radius 1 is 1.42 bits per heavy atom. The highest BCUT2D eigenvalue weighted by molar-refractivity contribution is 9.09. The maximum absolute atomic E-state index is 14.0. The maximum atomic E-state index is 14.0. The fraction of sp³-hybridized carbons (Fsp3) is 0.500. The highest BCUT2D eigenvalue weighted by Crippen LogP contribution is 2.47. The summed E-state index contributed by atoms with van der Waals surface area (Å²) in [5.41, 5.74) is 1.03. The van der Waals surface area contributed by atoms with Crippen molar-refractivity contribution in [2.24, 2.45) is 0 Å². The van der Waals surface area contributed by atoms with Crippen LogP contribution in [0.15, 0.2) is 18.2 Å². The Hall–Kier alpha value is -1.67. The van der Waals surface area contributed by atoms with Crippen LogP contribution in [-0.2, 0) is 9.53 Å².